The lowest BCUT2D eigenvalue weighted by atomic mass is 10.1. The van der Waals surface area contributed by atoms with Crippen LogP contribution in [0.4, 0.5) is 0 Å². The Balaban J connectivity index is 4.63. The molecule has 1 atom stereocenters. The maximum atomic E-state index is 12.9. The average molecular weight is 980 g/mol. The fourth-order valence-electron chi connectivity index (χ4n) is 7.16. The lowest BCUT2D eigenvalue weighted by Crippen LogP contribution is -2.30. The molecule has 0 aromatic rings. The van der Waals surface area contributed by atoms with Gasteiger partial charge in [-0.25, -0.2) is 0 Å². The van der Waals surface area contributed by atoms with E-state index < -0.39 is 6.10 Å². The molecule has 1 unspecified atom stereocenters. The highest BCUT2D eigenvalue weighted by atomic mass is 16.6. The first-order valence-corrected chi connectivity index (χ1v) is 28.3. The van der Waals surface area contributed by atoms with E-state index in [9.17, 15) is 14.4 Å². The van der Waals surface area contributed by atoms with Crippen molar-refractivity contribution >= 4 is 17.9 Å². The third-order valence-corrected chi connectivity index (χ3v) is 11.3. The van der Waals surface area contributed by atoms with Crippen molar-refractivity contribution in [1.29, 1.82) is 0 Å². The zero-order valence-electron chi connectivity index (χ0n) is 45.4. The van der Waals surface area contributed by atoms with Crippen LogP contribution in [0.3, 0.4) is 0 Å². The summed E-state index contributed by atoms with van der Waals surface area (Å²) < 4.78 is 16.7. The van der Waals surface area contributed by atoms with Gasteiger partial charge in [0.2, 0.25) is 0 Å². The quantitative estimate of drug-likeness (QED) is 0.0262. The number of carbonyl (C=O) groups excluding carboxylic acids is 3. The first kappa shape index (κ1) is 66.3. The Kier molecular flexibility index (Phi) is 54.0. The molecule has 0 saturated carbocycles. The van der Waals surface area contributed by atoms with Gasteiger partial charge in [-0.3, -0.25) is 14.4 Å². The lowest BCUT2D eigenvalue weighted by molar-refractivity contribution is -0.166. The molecule has 0 fully saturated rings. The number of esters is 3. The standard InChI is InChI=1S/C65H102O6/c1-4-7-10-13-16-19-22-25-28-31-33-35-37-40-43-46-49-52-55-58-64(67)70-61-62(60-69-63(66)57-54-51-48-45-42-39-36-30-27-24-21-18-15-12-9-6-3)71-65(68)59-56-53-50-47-44-41-38-34-32-29-26-23-20-17-14-11-8-5-2/h7,9-10,12,16,18-19,21,25,27-28,30,33-35,38-40,42-43,48-49,51-52,62H,4-6,8,11,13-15,17,20,22-24,26,29,31-32,36-37,41,44-47,50,53-61H2,1-3H3/b10-7-,12-9-,19-16-,21-18-,28-25-,30-27-,35-33-,38-34-,42-39-,43-40-,51-48-,52-49-. The summed E-state index contributed by atoms with van der Waals surface area (Å²) in [7, 11) is 0. The minimum absolute atomic E-state index is 0.149. The normalized spacial score (nSPS) is 13.2. The Morgan fingerprint density at radius 1 is 0.296 bits per heavy atom. The monoisotopic (exact) mass is 979 g/mol. The molecule has 0 radical (unpaired) electrons. The zero-order chi connectivity index (χ0) is 51.4. The molecule has 398 valence electrons. The van der Waals surface area contributed by atoms with E-state index in [4.69, 9.17) is 14.2 Å². The van der Waals surface area contributed by atoms with Crippen LogP contribution in [0.5, 0.6) is 0 Å². The molecule has 0 aliphatic heterocycles. The summed E-state index contributed by atoms with van der Waals surface area (Å²) in [5.74, 6) is -1.12. The van der Waals surface area contributed by atoms with Crippen molar-refractivity contribution in [2.75, 3.05) is 13.2 Å². The van der Waals surface area contributed by atoms with E-state index in [2.05, 4.69) is 142 Å². The minimum Gasteiger partial charge on any atom is -0.462 e. The van der Waals surface area contributed by atoms with Gasteiger partial charge < -0.3 is 14.2 Å². The van der Waals surface area contributed by atoms with Crippen molar-refractivity contribution in [2.45, 2.75) is 232 Å². The first-order chi connectivity index (χ1) is 35.0. The highest BCUT2D eigenvalue weighted by molar-refractivity contribution is 5.71. The first-order valence-electron chi connectivity index (χ1n) is 28.3. The van der Waals surface area contributed by atoms with Crippen LogP contribution < -0.4 is 0 Å². The summed E-state index contributed by atoms with van der Waals surface area (Å²) in [5, 5.41) is 0. The van der Waals surface area contributed by atoms with Crippen molar-refractivity contribution in [3.63, 3.8) is 0 Å². The molecule has 0 aliphatic carbocycles. The largest absolute Gasteiger partial charge is 0.462 e. The van der Waals surface area contributed by atoms with Crippen LogP contribution in [0.1, 0.15) is 226 Å². The van der Waals surface area contributed by atoms with Gasteiger partial charge in [0, 0.05) is 19.3 Å². The number of carbonyl (C=O) groups is 3. The number of allylic oxidation sites excluding steroid dienone is 24. The van der Waals surface area contributed by atoms with Gasteiger partial charge in [-0.2, -0.15) is 0 Å². The number of rotatable bonds is 49. The van der Waals surface area contributed by atoms with Gasteiger partial charge >= 0.3 is 17.9 Å². The summed E-state index contributed by atoms with van der Waals surface area (Å²) in [6.07, 6.45) is 82.9. The zero-order valence-corrected chi connectivity index (χ0v) is 45.4. The van der Waals surface area contributed by atoms with E-state index in [-0.39, 0.29) is 50.4 Å². The van der Waals surface area contributed by atoms with Crippen molar-refractivity contribution < 1.29 is 28.6 Å². The van der Waals surface area contributed by atoms with Crippen LogP contribution in [0.2, 0.25) is 0 Å². The highest BCUT2D eigenvalue weighted by Gasteiger charge is 2.19. The Labute approximate surface area is 436 Å². The second kappa shape index (κ2) is 57.9. The van der Waals surface area contributed by atoms with Gasteiger partial charge in [-0.05, 0) is 116 Å². The smallest absolute Gasteiger partial charge is 0.306 e. The fourth-order valence-corrected chi connectivity index (χ4v) is 7.16. The van der Waals surface area contributed by atoms with Gasteiger partial charge in [0.25, 0.3) is 0 Å². The predicted molar refractivity (Wildman–Crippen MR) is 306 cm³/mol. The van der Waals surface area contributed by atoms with Crippen LogP contribution in [0.25, 0.3) is 0 Å². The van der Waals surface area contributed by atoms with Crippen LogP contribution in [-0.4, -0.2) is 37.2 Å². The van der Waals surface area contributed by atoms with Crippen LogP contribution in [0, 0.1) is 0 Å². The van der Waals surface area contributed by atoms with Gasteiger partial charge in [0.1, 0.15) is 13.2 Å². The van der Waals surface area contributed by atoms with E-state index >= 15 is 0 Å². The maximum absolute atomic E-state index is 12.9. The molecule has 0 bridgehead atoms. The molecule has 0 aromatic carbocycles. The third kappa shape index (κ3) is 56.1. The van der Waals surface area contributed by atoms with Crippen molar-refractivity contribution in [3.8, 4) is 0 Å². The van der Waals surface area contributed by atoms with E-state index in [0.717, 1.165) is 103 Å². The number of unbranched alkanes of at least 4 members (excludes halogenated alkanes) is 14. The molecule has 0 rings (SSSR count). The fraction of sp³-hybridized carbons (Fsp3) is 0.585. The molecule has 0 aromatic heterocycles. The minimum atomic E-state index is -0.850. The summed E-state index contributed by atoms with van der Waals surface area (Å²) in [5.41, 5.74) is 0. The lowest BCUT2D eigenvalue weighted by Gasteiger charge is -2.18. The van der Waals surface area contributed by atoms with Gasteiger partial charge in [-0.1, -0.05) is 237 Å². The number of hydrogen-bond acceptors (Lipinski definition) is 6. The highest BCUT2D eigenvalue weighted by Crippen LogP contribution is 2.13. The summed E-state index contributed by atoms with van der Waals surface area (Å²) >= 11 is 0. The van der Waals surface area contributed by atoms with Crippen LogP contribution in [0.15, 0.2) is 146 Å². The Morgan fingerprint density at radius 3 is 0.915 bits per heavy atom. The second-order valence-electron chi connectivity index (χ2n) is 18.1. The summed E-state index contributed by atoms with van der Waals surface area (Å²) in [6, 6.07) is 0. The van der Waals surface area contributed by atoms with Gasteiger partial charge in [0.05, 0.1) is 0 Å². The van der Waals surface area contributed by atoms with Crippen LogP contribution >= 0.6 is 0 Å². The Bertz CT molecular complexity index is 1590. The van der Waals surface area contributed by atoms with Crippen molar-refractivity contribution in [2.24, 2.45) is 0 Å². The molecule has 71 heavy (non-hydrogen) atoms. The predicted octanol–water partition coefficient (Wildman–Crippen LogP) is 19.2. The molecule has 0 N–H and O–H groups in total. The maximum Gasteiger partial charge on any atom is 0.306 e. The topological polar surface area (TPSA) is 78.9 Å². The molecule has 0 spiro atoms. The number of ether oxygens (including phenoxy) is 3. The van der Waals surface area contributed by atoms with Crippen molar-refractivity contribution in [1.82, 2.24) is 0 Å². The molecule has 6 nitrogen and oxygen atoms in total. The summed E-state index contributed by atoms with van der Waals surface area (Å²) in [4.78, 5) is 38.1. The molecular weight excluding hydrogens is 877 g/mol. The molecule has 0 saturated heterocycles. The molecule has 0 heterocycles. The summed E-state index contributed by atoms with van der Waals surface area (Å²) in [6.45, 7) is 6.26. The van der Waals surface area contributed by atoms with Gasteiger partial charge in [-0.15, -0.1) is 0 Å². The van der Waals surface area contributed by atoms with Crippen molar-refractivity contribution in [3.05, 3.63) is 146 Å². The van der Waals surface area contributed by atoms with E-state index in [1.807, 2.05) is 24.3 Å². The SMILES string of the molecule is CC/C=C\C/C=C\C/C=C\C/C=C\C/C=C\C/C=C\CCC(=O)OCC(COC(=O)CC/C=C\C/C=C\C/C=C\C/C=C\C/C=C\CC)OC(=O)CCCCCCC/C=C\CCCCCCCCCCC. The van der Waals surface area contributed by atoms with E-state index in [0.29, 0.717) is 12.8 Å². The molecule has 0 amide bonds. The second-order valence-corrected chi connectivity index (χ2v) is 18.1. The molecule has 0 aliphatic rings. The van der Waals surface area contributed by atoms with E-state index in [1.54, 1.807) is 0 Å². The van der Waals surface area contributed by atoms with E-state index in [1.165, 1.54) is 70.6 Å². The Hall–Kier alpha value is -4.71. The number of hydrogen-bond donors (Lipinski definition) is 0. The molecular formula is C65H102O6. The Morgan fingerprint density at radius 2 is 0.577 bits per heavy atom. The van der Waals surface area contributed by atoms with Gasteiger partial charge in [0.15, 0.2) is 6.10 Å². The molecule has 6 heteroatoms. The van der Waals surface area contributed by atoms with Crippen LogP contribution in [-0.2, 0) is 28.6 Å². The average Bonchev–Trinajstić information content (AvgIpc) is 3.37. The third-order valence-electron chi connectivity index (χ3n) is 11.3.